The van der Waals surface area contributed by atoms with E-state index in [-0.39, 0.29) is 0 Å². The smallest absolute Gasteiger partial charge is 0.126 e. The van der Waals surface area contributed by atoms with Gasteiger partial charge in [0.2, 0.25) is 0 Å². The molecule has 0 amide bonds. The number of benzene rings is 2. The first kappa shape index (κ1) is 23.4. The Kier molecular flexibility index (Phi) is 7.30. The van der Waals surface area contributed by atoms with Crippen LogP contribution >= 0.6 is 0 Å². The predicted molar refractivity (Wildman–Crippen MR) is 144 cm³/mol. The summed E-state index contributed by atoms with van der Waals surface area (Å²) in [7, 11) is 0. The van der Waals surface area contributed by atoms with Gasteiger partial charge in [0.15, 0.2) is 0 Å². The Labute approximate surface area is 209 Å². The molecule has 0 spiro atoms. The van der Waals surface area contributed by atoms with E-state index in [0.29, 0.717) is 18.1 Å². The van der Waals surface area contributed by atoms with Crippen molar-refractivity contribution in [2.45, 2.75) is 63.6 Å². The second-order valence-corrected chi connectivity index (χ2v) is 10.0. The Balaban J connectivity index is 1.24. The third kappa shape index (κ3) is 5.83. The molecule has 1 aliphatic heterocycles. The highest BCUT2D eigenvalue weighted by Gasteiger charge is 2.29. The number of nitrogens with zero attached hydrogens (tertiary/aromatic N) is 3. The van der Waals surface area contributed by atoms with Crippen molar-refractivity contribution in [3.8, 4) is 17.2 Å². The lowest BCUT2D eigenvalue weighted by Crippen LogP contribution is -2.54. The normalized spacial score (nSPS) is 22.4. The molecule has 1 saturated carbocycles. The van der Waals surface area contributed by atoms with Crippen LogP contribution in [0.1, 0.15) is 49.7 Å². The zero-order valence-electron chi connectivity index (χ0n) is 20.6. The van der Waals surface area contributed by atoms with E-state index in [1.54, 1.807) is 0 Å². The highest BCUT2D eigenvalue weighted by atomic mass is 15.2. The number of anilines is 2. The highest BCUT2D eigenvalue weighted by molar-refractivity contribution is 5.66. The van der Waals surface area contributed by atoms with Crippen LogP contribution in [0.4, 0.5) is 11.5 Å². The van der Waals surface area contributed by atoms with Gasteiger partial charge in [-0.1, -0.05) is 42.7 Å². The average Bonchev–Trinajstić information content (AvgIpc) is 2.91. The van der Waals surface area contributed by atoms with Crippen molar-refractivity contribution in [2.75, 3.05) is 23.3 Å². The first-order chi connectivity index (χ1) is 17.2. The van der Waals surface area contributed by atoms with Gasteiger partial charge in [0.1, 0.15) is 5.82 Å². The second kappa shape index (κ2) is 10.9. The quantitative estimate of drug-likeness (QED) is 0.474. The maximum Gasteiger partial charge on any atom is 0.126 e. The van der Waals surface area contributed by atoms with Gasteiger partial charge in [-0.05, 0) is 80.1 Å². The minimum Gasteiger partial charge on any atom is -0.370 e. The number of nitrogens with one attached hydrogen (secondary N) is 2. The Bertz CT molecular complexity index is 1150. The Morgan fingerprint density at radius 1 is 0.886 bits per heavy atom. The van der Waals surface area contributed by atoms with Crippen molar-refractivity contribution in [3.05, 3.63) is 78.0 Å². The van der Waals surface area contributed by atoms with E-state index in [9.17, 15) is 0 Å². The lowest BCUT2D eigenvalue weighted by Gasteiger charge is -2.40. The summed E-state index contributed by atoms with van der Waals surface area (Å²) in [5.41, 5.74) is 5.64. The SMILES string of the molecule is Cc1ccc(-c2ccnc(N[C@@H]3CCCC[C@H]3N[C@H]3CCCN(c4ccc(C#N)cc4)C3)c2)cc1. The van der Waals surface area contributed by atoms with Crippen LogP contribution in [0.5, 0.6) is 0 Å². The van der Waals surface area contributed by atoms with Crippen LogP contribution in [-0.2, 0) is 0 Å². The molecule has 0 bridgehead atoms. The van der Waals surface area contributed by atoms with Crippen LogP contribution in [0.15, 0.2) is 66.9 Å². The molecular weight excluding hydrogens is 430 g/mol. The molecule has 5 nitrogen and oxygen atoms in total. The fourth-order valence-electron chi connectivity index (χ4n) is 5.53. The molecule has 0 unspecified atom stereocenters. The Morgan fingerprint density at radius 2 is 1.66 bits per heavy atom. The maximum atomic E-state index is 9.09. The minimum atomic E-state index is 0.384. The molecule has 5 heteroatoms. The number of aryl methyl sites for hydroxylation is 1. The van der Waals surface area contributed by atoms with Crippen molar-refractivity contribution >= 4 is 11.5 Å². The zero-order chi connectivity index (χ0) is 24.0. The van der Waals surface area contributed by atoms with Crippen LogP contribution in [0, 0.1) is 18.3 Å². The molecule has 2 heterocycles. The van der Waals surface area contributed by atoms with Gasteiger partial charge in [0.05, 0.1) is 11.6 Å². The van der Waals surface area contributed by atoms with E-state index < -0.39 is 0 Å². The standard InChI is InChI=1S/C30H35N5/c1-22-8-12-24(13-9-22)25-16-17-32-30(19-25)34-29-7-3-2-6-28(29)33-26-5-4-18-35(21-26)27-14-10-23(20-31)11-15-27/h8-17,19,26,28-29,33H,2-7,18,21H2,1H3,(H,32,34)/t26-,28+,29+/m0/s1. The van der Waals surface area contributed by atoms with E-state index >= 15 is 0 Å². The van der Waals surface area contributed by atoms with Crippen LogP contribution < -0.4 is 15.5 Å². The molecule has 2 aliphatic rings. The van der Waals surface area contributed by atoms with Gasteiger partial charge < -0.3 is 15.5 Å². The van der Waals surface area contributed by atoms with Gasteiger partial charge in [-0.2, -0.15) is 5.26 Å². The van der Waals surface area contributed by atoms with Crippen molar-refractivity contribution < 1.29 is 0 Å². The molecule has 2 fully saturated rings. The molecule has 5 rings (SSSR count). The second-order valence-electron chi connectivity index (χ2n) is 10.0. The van der Waals surface area contributed by atoms with E-state index in [0.717, 1.165) is 24.5 Å². The number of hydrogen-bond acceptors (Lipinski definition) is 5. The number of pyridine rings is 1. The van der Waals surface area contributed by atoms with Crippen LogP contribution in [0.3, 0.4) is 0 Å². The average molecular weight is 466 g/mol. The third-order valence-electron chi connectivity index (χ3n) is 7.48. The molecule has 2 aromatic carbocycles. The largest absolute Gasteiger partial charge is 0.370 e. The van der Waals surface area contributed by atoms with Gasteiger partial charge in [-0.15, -0.1) is 0 Å². The van der Waals surface area contributed by atoms with E-state index in [4.69, 9.17) is 5.26 Å². The fraction of sp³-hybridized carbons (Fsp3) is 0.400. The topological polar surface area (TPSA) is 64.0 Å². The predicted octanol–water partition coefficient (Wildman–Crippen LogP) is 5.91. The van der Waals surface area contributed by atoms with E-state index in [1.165, 1.54) is 60.9 Å². The van der Waals surface area contributed by atoms with Gasteiger partial charge in [-0.25, -0.2) is 4.98 Å². The minimum absolute atomic E-state index is 0.384. The maximum absolute atomic E-state index is 9.09. The molecule has 3 aromatic rings. The molecule has 180 valence electrons. The molecule has 0 radical (unpaired) electrons. The summed E-state index contributed by atoms with van der Waals surface area (Å²) in [6, 6.07) is 24.5. The first-order valence-electron chi connectivity index (χ1n) is 13.0. The monoisotopic (exact) mass is 465 g/mol. The van der Waals surface area contributed by atoms with Crippen molar-refractivity contribution in [3.63, 3.8) is 0 Å². The molecule has 1 aliphatic carbocycles. The van der Waals surface area contributed by atoms with Gasteiger partial charge in [0.25, 0.3) is 0 Å². The van der Waals surface area contributed by atoms with Crippen molar-refractivity contribution in [2.24, 2.45) is 0 Å². The van der Waals surface area contributed by atoms with Crippen molar-refractivity contribution in [1.29, 1.82) is 5.26 Å². The van der Waals surface area contributed by atoms with Gasteiger partial charge in [-0.3, -0.25) is 0 Å². The summed E-state index contributed by atoms with van der Waals surface area (Å²) in [5, 5.41) is 16.9. The lowest BCUT2D eigenvalue weighted by molar-refractivity contribution is 0.293. The van der Waals surface area contributed by atoms with E-state index in [1.807, 2.05) is 18.3 Å². The number of rotatable bonds is 6. The number of aromatic nitrogens is 1. The summed E-state index contributed by atoms with van der Waals surface area (Å²) >= 11 is 0. The van der Waals surface area contributed by atoms with Crippen LogP contribution in [0.2, 0.25) is 0 Å². The summed E-state index contributed by atoms with van der Waals surface area (Å²) in [6.45, 7) is 4.21. The van der Waals surface area contributed by atoms with Crippen LogP contribution in [-0.4, -0.2) is 36.2 Å². The molecule has 3 atom stereocenters. The van der Waals surface area contributed by atoms with E-state index in [2.05, 4.69) is 82.0 Å². The lowest BCUT2D eigenvalue weighted by atomic mass is 9.89. The molecular formula is C30H35N5. The van der Waals surface area contributed by atoms with Gasteiger partial charge in [0, 0.05) is 43.1 Å². The number of nitriles is 1. The molecule has 2 N–H and O–H groups in total. The van der Waals surface area contributed by atoms with Crippen LogP contribution in [0.25, 0.3) is 11.1 Å². The van der Waals surface area contributed by atoms with Gasteiger partial charge >= 0.3 is 0 Å². The molecule has 35 heavy (non-hydrogen) atoms. The summed E-state index contributed by atoms with van der Waals surface area (Å²) in [4.78, 5) is 7.11. The number of piperidine rings is 1. The highest BCUT2D eigenvalue weighted by Crippen LogP contribution is 2.27. The molecule has 1 aromatic heterocycles. The summed E-state index contributed by atoms with van der Waals surface area (Å²) < 4.78 is 0. The number of hydrogen-bond donors (Lipinski definition) is 2. The Hall–Kier alpha value is -3.36. The zero-order valence-corrected chi connectivity index (χ0v) is 20.6. The third-order valence-corrected chi connectivity index (χ3v) is 7.48. The fourth-order valence-corrected chi connectivity index (χ4v) is 5.53. The summed E-state index contributed by atoms with van der Waals surface area (Å²) in [6.07, 6.45) is 9.20. The first-order valence-corrected chi connectivity index (χ1v) is 13.0. The molecule has 1 saturated heterocycles. The Morgan fingerprint density at radius 3 is 2.43 bits per heavy atom. The van der Waals surface area contributed by atoms with Crippen molar-refractivity contribution in [1.82, 2.24) is 10.3 Å². The summed E-state index contributed by atoms with van der Waals surface area (Å²) in [5.74, 6) is 0.963.